The second-order valence-corrected chi connectivity index (χ2v) is 7.30. The lowest BCUT2D eigenvalue weighted by atomic mass is 9.87. The van der Waals surface area contributed by atoms with Gasteiger partial charge in [-0.15, -0.1) is 0 Å². The van der Waals surface area contributed by atoms with Gasteiger partial charge in [0.1, 0.15) is 5.75 Å². The van der Waals surface area contributed by atoms with Gasteiger partial charge >= 0.3 is 5.69 Å². The van der Waals surface area contributed by atoms with Crippen LogP contribution in [0.1, 0.15) is 31.9 Å². The number of hydrogen-bond acceptors (Lipinski definition) is 3. The highest BCUT2D eigenvalue weighted by Gasteiger charge is 2.13. The zero-order chi connectivity index (χ0) is 18.7. The van der Waals surface area contributed by atoms with Crippen LogP contribution in [0.4, 0.5) is 0 Å². The van der Waals surface area contributed by atoms with Gasteiger partial charge in [-0.1, -0.05) is 39.0 Å². The second kappa shape index (κ2) is 7.07. The van der Waals surface area contributed by atoms with E-state index >= 15 is 0 Å². The highest BCUT2D eigenvalue weighted by Crippen LogP contribution is 2.24. The van der Waals surface area contributed by atoms with Gasteiger partial charge in [0, 0.05) is 6.54 Å². The zero-order valence-electron chi connectivity index (χ0n) is 15.2. The van der Waals surface area contributed by atoms with Crippen LogP contribution in [0, 0.1) is 0 Å². The minimum atomic E-state index is -0.243. The van der Waals surface area contributed by atoms with Crippen molar-refractivity contribution in [1.82, 2.24) is 15.3 Å². The molecule has 6 nitrogen and oxygen atoms in total. The van der Waals surface area contributed by atoms with Crippen molar-refractivity contribution in [3.63, 3.8) is 0 Å². The third-order valence-corrected chi connectivity index (χ3v) is 4.16. The van der Waals surface area contributed by atoms with E-state index in [0.29, 0.717) is 12.3 Å². The second-order valence-electron chi connectivity index (χ2n) is 7.30. The van der Waals surface area contributed by atoms with E-state index in [4.69, 9.17) is 4.74 Å². The maximum atomic E-state index is 12.0. The normalized spacial score (nSPS) is 11.5. The molecule has 0 unspecified atom stereocenters. The SMILES string of the molecule is CC(C)(C)c1ccc(OCC(=O)NCc2ccc3[nH]c(=O)[nH]c3c2)cc1. The lowest BCUT2D eigenvalue weighted by molar-refractivity contribution is -0.123. The molecule has 0 aliphatic heterocycles. The molecule has 1 aromatic heterocycles. The van der Waals surface area contributed by atoms with Crippen molar-refractivity contribution in [3.8, 4) is 5.75 Å². The third-order valence-electron chi connectivity index (χ3n) is 4.16. The number of hydrogen-bond donors (Lipinski definition) is 3. The summed E-state index contributed by atoms with van der Waals surface area (Å²) in [5.41, 5.74) is 3.42. The Hall–Kier alpha value is -3.02. The highest BCUT2D eigenvalue weighted by atomic mass is 16.5. The average molecular weight is 353 g/mol. The summed E-state index contributed by atoms with van der Waals surface area (Å²) in [6.45, 7) is 6.77. The van der Waals surface area contributed by atoms with Gasteiger partial charge in [-0.05, 0) is 40.8 Å². The van der Waals surface area contributed by atoms with E-state index in [1.54, 1.807) is 0 Å². The van der Waals surface area contributed by atoms with Gasteiger partial charge in [0.05, 0.1) is 11.0 Å². The van der Waals surface area contributed by atoms with Crippen molar-refractivity contribution >= 4 is 16.9 Å². The summed E-state index contributed by atoms with van der Waals surface area (Å²) in [7, 11) is 0. The third kappa shape index (κ3) is 4.33. The molecular formula is C20H23N3O3. The maximum Gasteiger partial charge on any atom is 0.323 e. The maximum absolute atomic E-state index is 12.0. The number of ether oxygens (including phenoxy) is 1. The fourth-order valence-corrected chi connectivity index (χ4v) is 2.64. The summed E-state index contributed by atoms with van der Waals surface area (Å²) in [6, 6.07) is 13.3. The first kappa shape index (κ1) is 17.8. The van der Waals surface area contributed by atoms with E-state index in [9.17, 15) is 9.59 Å². The van der Waals surface area contributed by atoms with Gasteiger partial charge < -0.3 is 20.0 Å². The Balaban J connectivity index is 1.51. The number of carbonyl (C=O) groups excluding carboxylic acids is 1. The topological polar surface area (TPSA) is 87.0 Å². The highest BCUT2D eigenvalue weighted by molar-refractivity contribution is 5.78. The molecule has 0 atom stereocenters. The number of carbonyl (C=O) groups is 1. The molecule has 3 aromatic rings. The largest absolute Gasteiger partial charge is 0.484 e. The molecule has 0 saturated heterocycles. The first-order chi connectivity index (χ1) is 12.3. The first-order valence-corrected chi connectivity index (χ1v) is 8.52. The quantitative estimate of drug-likeness (QED) is 0.659. The molecule has 6 heteroatoms. The molecule has 0 aliphatic rings. The number of benzene rings is 2. The Morgan fingerprint density at radius 3 is 2.42 bits per heavy atom. The molecule has 2 aromatic carbocycles. The van der Waals surface area contributed by atoms with Crippen LogP contribution in [0.25, 0.3) is 11.0 Å². The smallest absolute Gasteiger partial charge is 0.323 e. The number of amides is 1. The minimum absolute atomic E-state index is 0.0436. The van der Waals surface area contributed by atoms with E-state index in [-0.39, 0.29) is 23.6 Å². The lowest BCUT2D eigenvalue weighted by Crippen LogP contribution is -2.28. The van der Waals surface area contributed by atoms with Gasteiger partial charge in [-0.25, -0.2) is 4.79 Å². The van der Waals surface area contributed by atoms with Crippen molar-refractivity contribution < 1.29 is 9.53 Å². The van der Waals surface area contributed by atoms with E-state index in [1.807, 2.05) is 42.5 Å². The predicted octanol–water partition coefficient (Wildman–Crippen LogP) is 2.85. The molecule has 136 valence electrons. The summed E-state index contributed by atoms with van der Waals surface area (Å²) in [5, 5.41) is 2.81. The van der Waals surface area contributed by atoms with E-state index < -0.39 is 0 Å². The van der Waals surface area contributed by atoms with Crippen LogP contribution < -0.4 is 15.7 Å². The number of aromatic nitrogens is 2. The van der Waals surface area contributed by atoms with Crippen molar-refractivity contribution in [2.75, 3.05) is 6.61 Å². The van der Waals surface area contributed by atoms with Crippen LogP contribution in [0.5, 0.6) is 5.75 Å². The molecule has 0 fully saturated rings. The Morgan fingerprint density at radius 2 is 1.73 bits per heavy atom. The molecule has 26 heavy (non-hydrogen) atoms. The van der Waals surface area contributed by atoms with Crippen molar-refractivity contribution in [2.45, 2.75) is 32.7 Å². The Kier molecular flexibility index (Phi) is 4.84. The Labute approximate surface area is 151 Å². The summed E-state index contributed by atoms with van der Waals surface area (Å²) >= 11 is 0. The van der Waals surface area contributed by atoms with Gasteiger partial charge in [-0.2, -0.15) is 0 Å². The molecular weight excluding hydrogens is 330 g/mol. The zero-order valence-corrected chi connectivity index (χ0v) is 15.2. The number of H-pyrrole nitrogens is 2. The van der Waals surface area contributed by atoms with Crippen LogP contribution in [0.3, 0.4) is 0 Å². The number of nitrogens with one attached hydrogen (secondary N) is 3. The van der Waals surface area contributed by atoms with Gasteiger partial charge in [0.2, 0.25) is 0 Å². The van der Waals surface area contributed by atoms with Crippen molar-refractivity contribution in [3.05, 3.63) is 64.1 Å². The van der Waals surface area contributed by atoms with Crippen LogP contribution in [0.15, 0.2) is 47.3 Å². The van der Waals surface area contributed by atoms with E-state index in [1.165, 1.54) is 5.56 Å². The molecule has 0 saturated carbocycles. The minimum Gasteiger partial charge on any atom is -0.484 e. The van der Waals surface area contributed by atoms with Crippen molar-refractivity contribution in [2.24, 2.45) is 0 Å². The molecule has 3 N–H and O–H groups in total. The van der Waals surface area contributed by atoms with Crippen LogP contribution in [-0.2, 0) is 16.8 Å². The summed E-state index contributed by atoms with van der Waals surface area (Å²) in [4.78, 5) is 28.6. The van der Waals surface area contributed by atoms with Crippen LogP contribution in [0.2, 0.25) is 0 Å². The number of rotatable bonds is 5. The van der Waals surface area contributed by atoms with Crippen LogP contribution >= 0.6 is 0 Å². The monoisotopic (exact) mass is 353 g/mol. The van der Waals surface area contributed by atoms with Crippen molar-refractivity contribution in [1.29, 1.82) is 0 Å². The fourth-order valence-electron chi connectivity index (χ4n) is 2.64. The summed E-state index contributed by atoms with van der Waals surface area (Å²) in [6.07, 6.45) is 0. The average Bonchev–Trinajstić information content (AvgIpc) is 2.97. The predicted molar refractivity (Wildman–Crippen MR) is 101 cm³/mol. The standard InChI is InChI=1S/C20H23N3O3/c1-20(2,3)14-5-7-15(8-6-14)26-12-18(24)21-11-13-4-9-16-17(10-13)23-19(25)22-16/h4-10H,11-12H2,1-3H3,(H,21,24)(H2,22,23,25). The Bertz CT molecular complexity index is 962. The number of imidazole rings is 1. The lowest BCUT2D eigenvalue weighted by Gasteiger charge is -2.19. The van der Waals surface area contributed by atoms with Gasteiger partial charge in [0.25, 0.3) is 5.91 Å². The molecule has 0 aliphatic carbocycles. The Morgan fingerprint density at radius 1 is 1.04 bits per heavy atom. The molecule has 1 amide bonds. The molecule has 0 bridgehead atoms. The fraction of sp³-hybridized carbons (Fsp3) is 0.300. The molecule has 1 heterocycles. The van der Waals surface area contributed by atoms with Crippen LogP contribution in [-0.4, -0.2) is 22.5 Å². The number of fused-ring (bicyclic) bond motifs is 1. The summed E-state index contributed by atoms with van der Waals surface area (Å²) in [5.74, 6) is 0.465. The first-order valence-electron chi connectivity index (χ1n) is 8.52. The van der Waals surface area contributed by atoms with Gasteiger partial charge in [-0.3, -0.25) is 4.79 Å². The summed E-state index contributed by atoms with van der Waals surface area (Å²) < 4.78 is 5.53. The van der Waals surface area contributed by atoms with E-state index in [2.05, 4.69) is 36.1 Å². The van der Waals surface area contributed by atoms with Gasteiger partial charge in [0.15, 0.2) is 6.61 Å². The van der Waals surface area contributed by atoms with E-state index in [0.717, 1.165) is 16.6 Å². The number of aromatic amines is 2. The molecule has 3 rings (SSSR count). The molecule has 0 radical (unpaired) electrons. The molecule has 0 spiro atoms.